The molecule has 0 spiro atoms. The summed E-state index contributed by atoms with van der Waals surface area (Å²) in [6, 6.07) is 10.6. The van der Waals surface area contributed by atoms with Crippen LogP contribution >= 0.6 is 0 Å². The van der Waals surface area contributed by atoms with E-state index in [1.165, 1.54) is 18.4 Å². The average Bonchev–Trinajstić information content (AvgIpc) is 3.35. The van der Waals surface area contributed by atoms with Gasteiger partial charge >= 0.3 is 5.97 Å². The molecule has 1 aromatic carbocycles. The number of ether oxygens (including phenoxy) is 1. The van der Waals surface area contributed by atoms with Crippen molar-refractivity contribution in [1.29, 1.82) is 0 Å². The second-order valence-electron chi connectivity index (χ2n) is 8.10. The first-order valence-corrected chi connectivity index (χ1v) is 9.48. The molecule has 1 aliphatic carbocycles. The molecular formula is C21H31NO2. The van der Waals surface area contributed by atoms with Crippen molar-refractivity contribution >= 4 is 5.97 Å². The number of carbonyl (C=O) groups is 1. The maximum Gasteiger partial charge on any atom is 0.325 e. The number of nitrogens with zero attached hydrogens (tertiary/aromatic N) is 1. The maximum atomic E-state index is 12.6. The summed E-state index contributed by atoms with van der Waals surface area (Å²) in [5.74, 6) is 1.75. The number of benzene rings is 1. The van der Waals surface area contributed by atoms with E-state index in [0.29, 0.717) is 17.8 Å². The Morgan fingerprint density at radius 3 is 2.54 bits per heavy atom. The normalized spacial score (nSPS) is 34.0. The molecule has 0 aromatic heterocycles. The van der Waals surface area contributed by atoms with E-state index >= 15 is 0 Å². The standard InChI is InChI=1S/C21H31NO2/c1-14(2)18-11-10-15(3)12-20(18)24-21(23)19-13-22(19)16(4)17-8-6-5-7-9-17/h5-9,14-16,18-20H,10-13H2,1-4H3/t15-,16-,18+,19?,20-,22?/m0/s1. The van der Waals surface area contributed by atoms with E-state index in [-0.39, 0.29) is 24.2 Å². The highest BCUT2D eigenvalue weighted by atomic mass is 16.5. The third kappa shape index (κ3) is 3.83. The highest BCUT2D eigenvalue weighted by Crippen LogP contribution is 2.37. The Hall–Kier alpha value is -1.35. The fourth-order valence-electron chi connectivity index (χ4n) is 4.19. The van der Waals surface area contributed by atoms with Crippen LogP contribution in [0.4, 0.5) is 0 Å². The largest absolute Gasteiger partial charge is 0.461 e. The van der Waals surface area contributed by atoms with Gasteiger partial charge in [0, 0.05) is 12.6 Å². The minimum atomic E-state index is -0.0507. The molecule has 1 saturated carbocycles. The predicted molar refractivity (Wildman–Crippen MR) is 96.6 cm³/mol. The van der Waals surface area contributed by atoms with Gasteiger partial charge in [0.1, 0.15) is 12.1 Å². The molecular weight excluding hydrogens is 298 g/mol. The van der Waals surface area contributed by atoms with Gasteiger partial charge in [0.2, 0.25) is 0 Å². The van der Waals surface area contributed by atoms with Crippen LogP contribution in [0.1, 0.15) is 58.6 Å². The monoisotopic (exact) mass is 329 g/mol. The van der Waals surface area contributed by atoms with Crippen LogP contribution in [0.3, 0.4) is 0 Å². The number of carbonyl (C=O) groups excluding carboxylic acids is 1. The van der Waals surface area contributed by atoms with Gasteiger partial charge in [-0.25, -0.2) is 0 Å². The lowest BCUT2D eigenvalue weighted by Gasteiger charge is -2.36. The van der Waals surface area contributed by atoms with Crippen LogP contribution in [0.5, 0.6) is 0 Å². The topological polar surface area (TPSA) is 29.3 Å². The van der Waals surface area contributed by atoms with E-state index in [0.717, 1.165) is 13.0 Å². The summed E-state index contributed by atoms with van der Waals surface area (Å²) in [5, 5.41) is 0. The lowest BCUT2D eigenvalue weighted by molar-refractivity contribution is -0.156. The van der Waals surface area contributed by atoms with E-state index in [1.54, 1.807) is 0 Å². The van der Waals surface area contributed by atoms with Crippen molar-refractivity contribution < 1.29 is 9.53 Å². The third-order valence-electron chi connectivity index (χ3n) is 5.93. The Bertz CT molecular complexity index is 556. The van der Waals surface area contributed by atoms with E-state index in [2.05, 4.69) is 56.9 Å². The summed E-state index contributed by atoms with van der Waals surface area (Å²) in [5.41, 5.74) is 1.26. The number of rotatable bonds is 5. The molecule has 2 aliphatic rings. The molecule has 3 rings (SSSR count). The lowest BCUT2D eigenvalue weighted by atomic mass is 9.75. The van der Waals surface area contributed by atoms with Crippen LogP contribution < -0.4 is 0 Å². The summed E-state index contributed by atoms with van der Waals surface area (Å²) in [6.45, 7) is 9.77. The van der Waals surface area contributed by atoms with Crippen LogP contribution in [0, 0.1) is 17.8 Å². The lowest BCUT2D eigenvalue weighted by Crippen LogP contribution is -2.37. The summed E-state index contributed by atoms with van der Waals surface area (Å²) >= 11 is 0. The minimum absolute atomic E-state index is 0.0115. The molecule has 1 aromatic rings. The van der Waals surface area contributed by atoms with E-state index in [1.807, 2.05) is 6.07 Å². The Kier molecular flexibility index (Phi) is 5.29. The van der Waals surface area contributed by atoms with Crippen molar-refractivity contribution in [2.24, 2.45) is 17.8 Å². The second-order valence-corrected chi connectivity index (χ2v) is 8.10. The first-order chi connectivity index (χ1) is 11.5. The molecule has 1 aliphatic heterocycles. The van der Waals surface area contributed by atoms with Gasteiger partial charge in [0.15, 0.2) is 0 Å². The van der Waals surface area contributed by atoms with Crippen molar-refractivity contribution in [2.75, 3.05) is 6.54 Å². The predicted octanol–water partition coefficient (Wildman–Crippen LogP) is 4.44. The van der Waals surface area contributed by atoms with Crippen LogP contribution in [0.15, 0.2) is 30.3 Å². The van der Waals surface area contributed by atoms with Gasteiger partial charge in [-0.3, -0.25) is 9.69 Å². The first kappa shape index (κ1) is 17.5. The van der Waals surface area contributed by atoms with Gasteiger partial charge in [-0.15, -0.1) is 0 Å². The zero-order valence-corrected chi connectivity index (χ0v) is 15.4. The number of hydrogen-bond acceptors (Lipinski definition) is 3. The Morgan fingerprint density at radius 1 is 1.17 bits per heavy atom. The summed E-state index contributed by atoms with van der Waals surface area (Å²) < 4.78 is 6.00. The van der Waals surface area contributed by atoms with Crippen LogP contribution in [0.2, 0.25) is 0 Å². The molecule has 0 radical (unpaired) electrons. The number of hydrogen-bond donors (Lipinski definition) is 0. The number of esters is 1. The second kappa shape index (κ2) is 7.26. The third-order valence-corrected chi connectivity index (χ3v) is 5.93. The Labute approximate surface area is 146 Å². The fraction of sp³-hybridized carbons (Fsp3) is 0.667. The Morgan fingerprint density at radius 2 is 1.88 bits per heavy atom. The van der Waals surface area contributed by atoms with Gasteiger partial charge in [0.25, 0.3) is 0 Å². The van der Waals surface area contributed by atoms with Crippen molar-refractivity contribution in [2.45, 2.75) is 65.1 Å². The molecule has 3 nitrogen and oxygen atoms in total. The highest BCUT2D eigenvalue weighted by molar-refractivity contribution is 5.79. The van der Waals surface area contributed by atoms with Crippen molar-refractivity contribution in [3.05, 3.63) is 35.9 Å². The molecule has 2 fully saturated rings. The molecule has 2 unspecified atom stereocenters. The quantitative estimate of drug-likeness (QED) is 0.591. The van der Waals surface area contributed by atoms with Gasteiger partial charge in [0.05, 0.1) is 0 Å². The molecule has 3 heteroatoms. The van der Waals surface area contributed by atoms with Crippen LogP contribution in [-0.2, 0) is 9.53 Å². The van der Waals surface area contributed by atoms with Gasteiger partial charge in [-0.1, -0.05) is 57.5 Å². The van der Waals surface area contributed by atoms with Crippen molar-refractivity contribution in [3.8, 4) is 0 Å². The van der Waals surface area contributed by atoms with E-state index in [4.69, 9.17) is 4.74 Å². The molecule has 6 atom stereocenters. The van der Waals surface area contributed by atoms with Crippen molar-refractivity contribution in [1.82, 2.24) is 4.90 Å². The van der Waals surface area contributed by atoms with Gasteiger partial charge in [-0.05, 0) is 43.1 Å². The highest BCUT2D eigenvalue weighted by Gasteiger charge is 2.46. The van der Waals surface area contributed by atoms with Crippen LogP contribution in [-0.4, -0.2) is 29.6 Å². The summed E-state index contributed by atoms with van der Waals surface area (Å²) in [6.07, 6.45) is 3.58. The first-order valence-electron chi connectivity index (χ1n) is 9.48. The minimum Gasteiger partial charge on any atom is -0.461 e. The van der Waals surface area contributed by atoms with E-state index < -0.39 is 0 Å². The molecule has 1 saturated heterocycles. The van der Waals surface area contributed by atoms with E-state index in [9.17, 15) is 4.79 Å². The van der Waals surface area contributed by atoms with Gasteiger partial charge in [-0.2, -0.15) is 0 Å². The summed E-state index contributed by atoms with van der Waals surface area (Å²) in [7, 11) is 0. The molecule has 0 amide bonds. The smallest absolute Gasteiger partial charge is 0.325 e. The van der Waals surface area contributed by atoms with Crippen LogP contribution in [0.25, 0.3) is 0 Å². The summed E-state index contributed by atoms with van der Waals surface area (Å²) in [4.78, 5) is 14.9. The van der Waals surface area contributed by atoms with Crippen molar-refractivity contribution in [3.63, 3.8) is 0 Å². The molecule has 24 heavy (non-hydrogen) atoms. The maximum absolute atomic E-state index is 12.6. The molecule has 132 valence electrons. The molecule has 1 heterocycles. The fourth-order valence-corrected chi connectivity index (χ4v) is 4.19. The zero-order chi connectivity index (χ0) is 17.3. The average molecular weight is 329 g/mol. The SMILES string of the molecule is CC(C)[C@H]1CC[C@H](C)C[C@@H]1OC(=O)C1CN1[C@@H](C)c1ccccc1. The molecule has 0 N–H and O–H groups in total. The molecule has 0 bridgehead atoms. The zero-order valence-electron chi connectivity index (χ0n) is 15.4. The van der Waals surface area contributed by atoms with Gasteiger partial charge < -0.3 is 4.74 Å². The Balaban J connectivity index is 1.57.